The second kappa shape index (κ2) is 6.84. The van der Waals surface area contributed by atoms with Crippen molar-refractivity contribution in [2.45, 2.75) is 11.3 Å². The molecule has 0 radical (unpaired) electrons. The first-order valence-corrected chi connectivity index (χ1v) is 6.04. The third-order valence-corrected chi connectivity index (χ3v) is 3.10. The summed E-state index contributed by atoms with van der Waals surface area (Å²) in [7, 11) is 0. The Balaban J connectivity index is 2.26. The molecule has 0 aliphatic heterocycles. The minimum Gasteiger partial charge on any atom is -0.356 e. The van der Waals surface area contributed by atoms with Crippen LogP contribution in [0, 0.1) is 0 Å². The van der Waals surface area contributed by atoms with E-state index in [4.69, 9.17) is 5.84 Å². The number of hydrogen-bond donors (Lipinski definition) is 2. The fourth-order valence-corrected chi connectivity index (χ4v) is 2.00. The average molecular weight is 291 g/mol. The number of thioether (sulfide) groups is 1. The van der Waals surface area contributed by atoms with E-state index in [0.717, 1.165) is 9.37 Å². The third kappa shape index (κ3) is 5.17. The van der Waals surface area contributed by atoms with Crippen LogP contribution in [0.15, 0.2) is 33.6 Å². The standard InChI is InChI=1S/C9H11BrN2O2S/c10-7-1-3-8(4-2-7)15-6-5-9(13)14-12-11/h1-4,12H,5-6,11H2. The normalized spacial score (nSPS) is 10.0. The molecule has 0 saturated carbocycles. The van der Waals surface area contributed by atoms with Gasteiger partial charge in [-0.05, 0) is 24.3 Å². The predicted molar refractivity (Wildman–Crippen MR) is 62.9 cm³/mol. The van der Waals surface area contributed by atoms with Gasteiger partial charge in [0, 0.05) is 15.1 Å². The molecule has 0 saturated heterocycles. The molecule has 1 rings (SSSR count). The minimum absolute atomic E-state index is 0.324. The second-order valence-corrected chi connectivity index (χ2v) is 4.73. The molecule has 0 aliphatic carbocycles. The smallest absolute Gasteiger partial charge is 0.327 e. The molecule has 82 valence electrons. The van der Waals surface area contributed by atoms with Gasteiger partial charge in [0.05, 0.1) is 6.42 Å². The number of hydrazine groups is 1. The van der Waals surface area contributed by atoms with Crippen molar-refractivity contribution in [1.29, 1.82) is 0 Å². The minimum atomic E-state index is -0.359. The van der Waals surface area contributed by atoms with Crippen molar-refractivity contribution in [3.63, 3.8) is 0 Å². The molecule has 3 N–H and O–H groups in total. The molecule has 4 nitrogen and oxygen atoms in total. The second-order valence-electron chi connectivity index (χ2n) is 2.64. The summed E-state index contributed by atoms with van der Waals surface area (Å²) < 4.78 is 1.04. The van der Waals surface area contributed by atoms with Gasteiger partial charge in [0.1, 0.15) is 0 Å². The molecule has 0 bridgehead atoms. The predicted octanol–water partition coefficient (Wildman–Crippen LogP) is 1.85. The molecule has 0 spiro atoms. The molecule has 0 aliphatic rings. The highest BCUT2D eigenvalue weighted by molar-refractivity contribution is 9.10. The SMILES string of the molecule is NNOC(=O)CCSc1ccc(Br)cc1. The van der Waals surface area contributed by atoms with Gasteiger partial charge in [-0.15, -0.1) is 11.8 Å². The number of benzene rings is 1. The van der Waals surface area contributed by atoms with E-state index in [9.17, 15) is 4.79 Å². The van der Waals surface area contributed by atoms with E-state index in [1.165, 1.54) is 0 Å². The summed E-state index contributed by atoms with van der Waals surface area (Å²) in [4.78, 5) is 16.4. The number of hydrogen-bond acceptors (Lipinski definition) is 5. The third-order valence-electron chi connectivity index (χ3n) is 1.56. The molecule has 15 heavy (non-hydrogen) atoms. The molecule has 1 aromatic rings. The Morgan fingerprint density at radius 2 is 2.13 bits per heavy atom. The Labute approximate surface area is 101 Å². The highest BCUT2D eigenvalue weighted by Gasteiger charge is 2.02. The summed E-state index contributed by atoms with van der Waals surface area (Å²) in [5, 5.41) is 0. The lowest BCUT2D eigenvalue weighted by Gasteiger charge is -2.01. The van der Waals surface area contributed by atoms with Gasteiger partial charge < -0.3 is 4.84 Å². The van der Waals surface area contributed by atoms with E-state index in [0.29, 0.717) is 12.2 Å². The van der Waals surface area contributed by atoms with Gasteiger partial charge in [0.15, 0.2) is 0 Å². The van der Waals surface area contributed by atoms with Crippen LogP contribution in [-0.2, 0) is 9.63 Å². The molecule has 0 unspecified atom stereocenters. The van der Waals surface area contributed by atoms with Crippen molar-refractivity contribution in [3.05, 3.63) is 28.7 Å². The van der Waals surface area contributed by atoms with Crippen LogP contribution in [0.3, 0.4) is 0 Å². The molecule has 0 atom stereocenters. The quantitative estimate of drug-likeness (QED) is 0.492. The lowest BCUT2D eigenvalue weighted by Crippen LogP contribution is -2.26. The van der Waals surface area contributed by atoms with Crippen molar-refractivity contribution in [3.8, 4) is 0 Å². The number of nitrogens with one attached hydrogen (secondary N) is 1. The monoisotopic (exact) mass is 290 g/mol. The highest BCUT2D eigenvalue weighted by Crippen LogP contribution is 2.21. The van der Waals surface area contributed by atoms with Gasteiger partial charge in [-0.2, -0.15) is 0 Å². The Bertz CT molecular complexity index is 318. The number of nitrogens with two attached hydrogens (primary N) is 1. The van der Waals surface area contributed by atoms with Crippen LogP contribution in [0.25, 0.3) is 0 Å². The van der Waals surface area contributed by atoms with Crippen molar-refractivity contribution in [2.24, 2.45) is 5.84 Å². The first-order valence-electron chi connectivity index (χ1n) is 4.26. The maximum Gasteiger partial charge on any atom is 0.327 e. The van der Waals surface area contributed by atoms with Gasteiger partial charge in [0.25, 0.3) is 0 Å². The first-order chi connectivity index (χ1) is 7.22. The zero-order chi connectivity index (χ0) is 11.1. The van der Waals surface area contributed by atoms with Gasteiger partial charge in [-0.3, -0.25) is 4.79 Å². The van der Waals surface area contributed by atoms with Crippen LogP contribution in [0.4, 0.5) is 0 Å². The van der Waals surface area contributed by atoms with Crippen LogP contribution in [0.1, 0.15) is 6.42 Å². The van der Waals surface area contributed by atoms with Gasteiger partial charge in [-0.25, -0.2) is 5.84 Å². The lowest BCUT2D eigenvalue weighted by atomic mass is 10.4. The molecule has 0 fully saturated rings. The molecular weight excluding hydrogens is 280 g/mol. The van der Waals surface area contributed by atoms with Crippen molar-refractivity contribution in [1.82, 2.24) is 5.59 Å². The Kier molecular flexibility index (Phi) is 5.70. The molecule has 0 heterocycles. The van der Waals surface area contributed by atoms with Crippen LogP contribution in [0.2, 0.25) is 0 Å². The first kappa shape index (κ1) is 12.5. The van der Waals surface area contributed by atoms with E-state index in [-0.39, 0.29) is 5.97 Å². The summed E-state index contributed by atoms with van der Waals surface area (Å²) in [5.41, 5.74) is 1.86. The van der Waals surface area contributed by atoms with E-state index in [1.54, 1.807) is 11.8 Å². The molecular formula is C9H11BrN2O2S. The number of carbonyl (C=O) groups excluding carboxylic acids is 1. The zero-order valence-electron chi connectivity index (χ0n) is 7.90. The molecule has 0 aromatic heterocycles. The molecule has 0 amide bonds. The summed E-state index contributed by atoms with van der Waals surface area (Å²) >= 11 is 4.94. The zero-order valence-corrected chi connectivity index (χ0v) is 10.3. The lowest BCUT2D eigenvalue weighted by molar-refractivity contribution is -0.150. The van der Waals surface area contributed by atoms with E-state index < -0.39 is 0 Å². The van der Waals surface area contributed by atoms with E-state index in [2.05, 4.69) is 20.8 Å². The van der Waals surface area contributed by atoms with Gasteiger partial charge in [-0.1, -0.05) is 21.5 Å². The fraction of sp³-hybridized carbons (Fsp3) is 0.222. The number of carbonyl (C=O) groups is 1. The molecule has 1 aromatic carbocycles. The average Bonchev–Trinajstić information content (AvgIpc) is 2.21. The summed E-state index contributed by atoms with van der Waals surface area (Å²) in [5.74, 6) is 5.13. The summed E-state index contributed by atoms with van der Waals surface area (Å²) in [6.07, 6.45) is 0.324. The van der Waals surface area contributed by atoms with Crippen LogP contribution in [-0.4, -0.2) is 11.7 Å². The number of halogens is 1. The topological polar surface area (TPSA) is 64.3 Å². The summed E-state index contributed by atoms with van der Waals surface area (Å²) in [6, 6.07) is 7.90. The van der Waals surface area contributed by atoms with Crippen molar-refractivity contribution >= 4 is 33.7 Å². The van der Waals surface area contributed by atoms with Gasteiger partial charge >= 0.3 is 5.97 Å². The Morgan fingerprint density at radius 3 is 2.73 bits per heavy atom. The van der Waals surface area contributed by atoms with Crippen molar-refractivity contribution < 1.29 is 9.63 Å². The van der Waals surface area contributed by atoms with Crippen LogP contribution < -0.4 is 11.4 Å². The highest BCUT2D eigenvalue weighted by atomic mass is 79.9. The molecule has 6 heteroatoms. The Morgan fingerprint density at radius 1 is 1.47 bits per heavy atom. The largest absolute Gasteiger partial charge is 0.356 e. The van der Waals surface area contributed by atoms with E-state index in [1.807, 2.05) is 29.9 Å². The van der Waals surface area contributed by atoms with E-state index >= 15 is 0 Å². The maximum absolute atomic E-state index is 10.9. The Hall–Kier alpha value is -0.560. The summed E-state index contributed by atoms with van der Waals surface area (Å²) in [6.45, 7) is 0. The number of rotatable bonds is 5. The van der Waals surface area contributed by atoms with Gasteiger partial charge in [0.2, 0.25) is 0 Å². The van der Waals surface area contributed by atoms with Crippen molar-refractivity contribution in [2.75, 3.05) is 5.75 Å². The maximum atomic E-state index is 10.9. The van der Waals surface area contributed by atoms with Crippen LogP contribution >= 0.6 is 27.7 Å². The fourth-order valence-electron chi connectivity index (χ4n) is 0.900. The van der Waals surface area contributed by atoms with Crippen LogP contribution in [0.5, 0.6) is 0 Å².